The summed E-state index contributed by atoms with van der Waals surface area (Å²) in [5.41, 5.74) is -0.538. The van der Waals surface area contributed by atoms with Crippen LogP contribution in [-0.2, 0) is 16.1 Å². The highest BCUT2D eigenvalue weighted by Gasteiger charge is 2.19. The van der Waals surface area contributed by atoms with E-state index in [-0.39, 0.29) is 5.57 Å². The topological polar surface area (TPSA) is 26.3 Å². The second kappa shape index (κ2) is 4.99. The molecule has 0 spiro atoms. The number of benzene rings is 1. The van der Waals surface area contributed by atoms with E-state index >= 15 is 0 Å². The molecule has 0 heterocycles. The van der Waals surface area contributed by atoms with Crippen molar-refractivity contribution in [2.45, 2.75) is 13.5 Å². The fourth-order valence-corrected chi connectivity index (χ4v) is 0.993. The van der Waals surface area contributed by atoms with Crippen molar-refractivity contribution in [1.82, 2.24) is 0 Å². The van der Waals surface area contributed by atoms with Crippen LogP contribution in [0.2, 0.25) is 0 Å². The van der Waals surface area contributed by atoms with Crippen LogP contribution in [0, 0.1) is 23.3 Å². The largest absolute Gasteiger partial charge is 0.457 e. The highest BCUT2D eigenvalue weighted by atomic mass is 19.2. The number of halogens is 4. The molecule has 0 amide bonds. The lowest BCUT2D eigenvalue weighted by atomic mass is 10.2. The van der Waals surface area contributed by atoms with Gasteiger partial charge in [-0.05, 0) is 13.0 Å². The maximum absolute atomic E-state index is 13.1. The molecule has 1 rings (SSSR count). The number of hydrogen-bond acceptors (Lipinski definition) is 2. The normalized spacial score (nSPS) is 10.2. The molecule has 0 N–H and O–H groups in total. The Morgan fingerprint density at radius 1 is 1.24 bits per heavy atom. The van der Waals surface area contributed by atoms with Crippen molar-refractivity contribution < 1.29 is 27.1 Å². The summed E-state index contributed by atoms with van der Waals surface area (Å²) in [5, 5.41) is 0. The van der Waals surface area contributed by atoms with Crippen LogP contribution in [0.15, 0.2) is 18.2 Å². The summed E-state index contributed by atoms with van der Waals surface area (Å²) in [6.45, 7) is 3.91. The molecule has 0 saturated carbocycles. The predicted molar refractivity (Wildman–Crippen MR) is 50.9 cm³/mol. The minimum atomic E-state index is -1.94. The summed E-state index contributed by atoms with van der Waals surface area (Å²) >= 11 is 0. The van der Waals surface area contributed by atoms with Gasteiger partial charge in [0, 0.05) is 11.1 Å². The Bertz CT molecular complexity index is 483. The molecule has 0 aliphatic rings. The van der Waals surface area contributed by atoms with Crippen LogP contribution >= 0.6 is 0 Å². The first-order valence-electron chi connectivity index (χ1n) is 4.49. The summed E-state index contributed by atoms with van der Waals surface area (Å²) < 4.78 is 55.7. The van der Waals surface area contributed by atoms with E-state index in [9.17, 15) is 22.4 Å². The van der Waals surface area contributed by atoms with Crippen LogP contribution in [-0.4, -0.2) is 5.97 Å². The van der Waals surface area contributed by atoms with Gasteiger partial charge in [0.05, 0.1) is 0 Å². The fraction of sp³-hybridized carbons (Fsp3) is 0.182. The molecule has 17 heavy (non-hydrogen) atoms. The summed E-state index contributed by atoms with van der Waals surface area (Å²) in [6.07, 6.45) is 0. The zero-order valence-electron chi connectivity index (χ0n) is 8.82. The molecular weight excluding hydrogens is 240 g/mol. The first kappa shape index (κ1) is 13.2. The second-order valence-corrected chi connectivity index (χ2v) is 3.32. The van der Waals surface area contributed by atoms with Crippen LogP contribution in [0.1, 0.15) is 12.5 Å². The number of carbonyl (C=O) groups excluding carboxylic acids is 1. The van der Waals surface area contributed by atoms with Gasteiger partial charge in [-0.1, -0.05) is 6.58 Å². The van der Waals surface area contributed by atoms with Crippen molar-refractivity contribution in [3.05, 3.63) is 47.1 Å². The average molecular weight is 248 g/mol. The van der Waals surface area contributed by atoms with Crippen LogP contribution in [0.4, 0.5) is 17.6 Å². The monoisotopic (exact) mass is 248 g/mol. The Balaban J connectivity index is 2.93. The van der Waals surface area contributed by atoms with Gasteiger partial charge in [-0.15, -0.1) is 0 Å². The molecule has 0 bridgehead atoms. The lowest BCUT2D eigenvalue weighted by Gasteiger charge is -2.07. The summed E-state index contributed by atoms with van der Waals surface area (Å²) in [4.78, 5) is 11.0. The second-order valence-electron chi connectivity index (χ2n) is 3.32. The third kappa shape index (κ3) is 2.83. The average Bonchev–Trinajstić information content (AvgIpc) is 2.28. The maximum Gasteiger partial charge on any atom is 0.333 e. The van der Waals surface area contributed by atoms with Gasteiger partial charge in [0.1, 0.15) is 6.61 Å². The van der Waals surface area contributed by atoms with Gasteiger partial charge in [0.2, 0.25) is 0 Å². The van der Waals surface area contributed by atoms with Crippen LogP contribution in [0.3, 0.4) is 0 Å². The van der Waals surface area contributed by atoms with Crippen LogP contribution in [0.5, 0.6) is 0 Å². The van der Waals surface area contributed by atoms with Gasteiger partial charge >= 0.3 is 5.97 Å². The van der Waals surface area contributed by atoms with E-state index in [1.807, 2.05) is 0 Å². The molecule has 0 atom stereocenters. The molecule has 1 aromatic carbocycles. The number of rotatable bonds is 3. The lowest BCUT2D eigenvalue weighted by molar-refractivity contribution is -0.140. The lowest BCUT2D eigenvalue weighted by Crippen LogP contribution is -2.08. The minimum absolute atomic E-state index is 0.0495. The zero-order valence-corrected chi connectivity index (χ0v) is 8.82. The van der Waals surface area contributed by atoms with Gasteiger partial charge in [-0.2, -0.15) is 0 Å². The molecule has 0 aromatic heterocycles. The summed E-state index contributed by atoms with van der Waals surface area (Å²) in [6, 6.07) is 0.430. The van der Waals surface area contributed by atoms with Crippen LogP contribution < -0.4 is 0 Å². The Kier molecular flexibility index (Phi) is 3.88. The van der Waals surface area contributed by atoms with E-state index in [1.165, 1.54) is 6.92 Å². The number of hydrogen-bond donors (Lipinski definition) is 0. The van der Waals surface area contributed by atoms with Gasteiger partial charge in [0.15, 0.2) is 23.3 Å². The minimum Gasteiger partial charge on any atom is -0.457 e. The van der Waals surface area contributed by atoms with Crippen molar-refractivity contribution in [1.29, 1.82) is 0 Å². The van der Waals surface area contributed by atoms with Crippen molar-refractivity contribution in [3.63, 3.8) is 0 Å². The van der Waals surface area contributed by atoms with E-state index < -0.39 is 41.4 Å². The van der Waals surface area contributed by atoms with Crippen molar-refractivity contribution in [2.24, 2.45) is 0 Å². The Morgan fingerprint density at radius 2 is 1.82 bits per heavy atom. The number of carbonyl (C=O) groups is 1. The smallest absolute Gasteiger partial charge is 0.333 e. The highest BCUT2D eigenvalue weighted by molar-refractivity contribution is 5.86. The Labute approximate surface area is 94.5 Å². The summed E-state index contributed by atoms with van der Waals surface area (Å²) in [5.74, 6) is -7.82. The quantitative estimate of drug-likeness (QED) is 0.270. The summed E-state index contributed by atoms with van der Waals surface area (Å²) in [7, 11) is 0. The van der Waals surface area contributed by atoms with E-state index in [0.29, 0.717) is 6.07 Å². The third-order valence-corrected chi connectivity index (χ3v) is 1.89. The van der Waals surface area contributed by atoms with Gasteiger partial charge in [-0.3, -0.25) is 0 Å². The standard InChI is InChI=1S/C11H8F4O2/c1-5(2)11(16)17-4-6-3-7(12)9(14)10(15)8(6)13/h3H,1,4H2,2H3. The van der Waals surface area contributed by atoms with Crippen LogP contribution in [0.25, 0.3) is 0 Å². The predicted octanol–water partition coefficient (Wildman–Crippen LogP) is 2.86. The molecule has 0 unspecified atom stereocenters. The molecule has 0 fully saturated rings. The fourth-order valence-electron chi connectivity index (χ4n) is 0.993. The first-order valence-corrected chi connectivity index (χ1v) is 4.49. The maximum atomic E-state index is 13.1. The van der Waals surface area contributed by atoms with E-state index in [2.05, 4.69) is 11.3 Å². The number of esters is 1. The molecule has 92 valence electrons. The van der Waals surface area contributed by atoms with Gasteiger partial charge < -0.3 is 4.74 Å². The van der Waals surface area contributed by atoms with Crippen molar-refractivity contribution >= 4 is 5.97 Å². The molecule has 6 heteroatoms. The molecule has 0 aliphatic carbocycles. The molecular formula is C11H8F4O2. The van der Waals surface area contributed by atoms with E-state index in [4.69, 9.17) is 0 Å². The van der Waals surface area contributed by atoms with E-state index in [1.54, 1.807) is 0 Å². The zero-order chi connectivity index (χ0) is 13.2. The van der Waals surface area contributed by atoms with Crippen molar-refractivity contribution in [2.75, 3.05) is 0 Å². The van der Waals surface area contributed by atoms with Gasteiger partial charge in [-0.25, -0.2) is 22.4 Å². The molecule has 0 aliphatic heterocycles. The van der Waals surface area contributed by atoms with Gasteiger partial charge in [0.25, 0.3) is 0 Å². The molecule has 0 saturated heterocycles. The SMILES string of the molecule is C=C(C)C(=O)OCc1cc(F)c(F)c(F)c1F. The van der Waals surface area contributed by atoms with Crippen molar-refractivity contribution in [3.8, 4) is 0 Å². The third-order valence-electron chi connectivity index (χ3n) is 1.89. The first-order chi connectivity index (χ1) is 7.84. The molecule has 1 aromatic rings. The Hall–Kier alpha value is -1.85. The molecule has 2 nitrogen and oxygen atoms in total. The van der Waals surface area contributed by atoms with E-state index in [0.717, 1.165) is 0 Å². The number of ether oxygens (including phenoxy) is 1. The Morgan fingerprint density at radius 3 is 2.35 bits per heavy atom. The molecule has 0 radical (unpaired) electrons. The highest BCUT2D eigenvalue weighted by Crippen LogP contribution is 2.19.